The number of rotatable bonds is 4. The summed E-state index contributed by atoms with van der Waals surface area (Å²) in [7, 11) is 0. The fourth-order valence-electron chi connectivity index (χ4n) is 3.25. The molecule has 0 N–H and O–H groups in total. The first kappa shape index (κ1) is 15.4. The van der Waals surface area contributed by atoms with E-state index in [9.17, 15) is 4.79 Å². The number of anilines is 1. The number of carbonyl (C=O) groups is 1. The third kappa shape index (κ3) is 2.72. The van der Waals surface area contributed by atoms with Crippen molar-refractivity contribution in [2.45, 2.75) is 18.8 Å². The highest BCUT2D eigenvalue weighted by atomic mass is 32.1. The van der Waals surface area contributed by atoms with Crippen LogP contribution < -0.4 is 14.4 Å². The van der Waals surface area contributed by atoms with Gasteiger partial charge in [-0.2, -0.15) is 4.98 Å². The summed E-state index contributed by atoms with van der Waals surface area (Å²) in [6, 6.07) is 9.56. The second-order valence-electron chi connectivity index (χ2n) is 6.25. The Balaban J connectivity index is 1.33. The predicted octanol–water partition coefficient (Wildman–Crippen LogP) is 2.97. The van der Waals surface area contributed by atoms with Gasteiger partial charge in [-0.25, -0.2) is 0 Å². The van der Waals surface area contributed by atoms with Gasteiger partial charge in [0.15, 0.2) is 17.3 Å². The van der Waals surface area contributed by atoms with Gasteiger partial charge in [0.05, 0.1) is 6.42 Å². The van der Waals surface area contributed by atoms with Gasteiger partial charge in [0.1, 0.15) is 0 Å². The summed E-state index contributed by atoms with van der Waals surface area (Å²) in [5, 5.41) is 6.11. The minimum atomic E-state index is -0.0752. The van der Waals surface area contributed by atoms with Crippen molar-refractivity contribution in [3.8, 4) is 11.5 Å². The molecule has 1 saturated heterocycles. The van der Waals surface area contributed by atoms with E-state index < -0.39 is 0 Å². The first-order valence-corrected chi connectivity index (χ1v) is 9.19. The van der Waals surface area contributed by atoms with Gasteiger partial charge in [-0.1, -0.05) is 11.2 Å². The number of amides is 1. The number of nitrogens with zero attached hydrogens (tertiary/aromatic N) is 3. The van der Waals surface area contributed by atoms with Crippen molar-refractivity contribution < 1.29 is 18.8 Å². The minimum Gasteiger partial charge on any atom is -0.454 e. The molecule has 2 aliphatic heterocycles. The van der Waals surface area contributed by atoms with Crippen molar-refractivity contribution in [3.63, 3.8) is 0 Å². The molecule has 0 aliphatic carbocycles. The zero-order valence-electron chi connectivity index (χ0n) is 13.8. The summed E-state index contributed by atoms with van der Waals surface area (Å²) in [6.07, 6.45) is 0.990. The molecule has 5 rings (SSSR count). The zero-order valence-corrected chi connectivity index (χ0v) is 14.6. The highest BCUT2D eigenvalue weighted by Crippen LogP contribution is 2.38. The van der Waals surface area contributed by atoms with Gasteiger partial charge in [0.2, 0.25) is 18.6 Å². The highest BCUT2D eigenvalue weighted by Gasteiger charge is 2.35. The summed E-state index contributed by atoms with van der Waals surface area (Å²) in [4.78, 5) is 19.9. The van der Waals surface area contributed by atoms with E-state index >= 15 is 0 Å². The summed E-state index contributed by atoms with van der Waals surface area (Å²) < 4.78 is 16.1. The molecule has 1 amide bonds. The third-order valence-corrected chi connectivity index (χ3v) is 5.42. The Hall–Kier alpha value is -2.87. The lowest BCUT2D eigenvalue weighted by Crippen LogP contribution is -2.24. The molecule has 2 aliphatic rings. The minimum absolute atomic E-state index is 0.0403. The molecule has 0 saturated carbocycles. The van der Waals surface area contributed by atoms with Crippen LogP contribution in [0.25, 0.3) is 0 Å². The molecule has 26 heavy (non-hydrogen) atoms. The van der Waals surface area contributed by atoms with Gasteiger partial charge in [-0.3, -0.25) is 4.79 Å². The van der Waals surface area contributed by atoms with Crippen molar-refractivity contribution in [2.75, 3.05) is 18.2 Å². The molecule has 1 unspecified atom stereocenters. The maximum absolute atomic E-state index is 12.5. The predicted molar refractivity (Wildman–Crippen MR) is 93.7 cm³/mol. The number of thiophene rings is 1. The van der Waals surface area contributed by atoms with E-state index in [0.717, 1.165) is 5.69 Å². The second-order valence-corrected chi connectivity index (χ2v) is 7.28. The maximum atomic E-state index is 12.5. The first-order valence-electron chi connectivity index (χ1n) is 8.31. The summed E-state index contributed by atoms with van der Waals surface area (Å²) in [5.74, 6) is 2.50. The number of carbonyl (C=O) groups excluding carboxylic acids is 1. The average molecular weight is 369 g/mol. The van der Waals surface area contributed by atoms with Crippen LogP contribution in [0.1, 0.15) is 28.9 Å². The smallest absolute Gasteiger partial charge is 0.231 e. The quantitative estimate of drug-likeness (QED) is 0.704. The van der Waals surface area contributed by atoms with E-state index in [1.165, 1.54) is 4.88 Å². The lowest BCUT2D eigenvalue weighted by molar-refractivity contribution is -0.117. The number of hydrogen-bond acceptors (Lipinski definition) is 7. The molecular weight excluding hydrogens is 354 g/mol. The van der Waals surface area contributed by atoms with Gasteiger partial charge in [0, 0.05) is 35.5 Å². The van der Waals surface area contributed by atoms with Crippen LogP contribution in [0.15, 0.2) is 40.2 Å². The molecule has 1 fully saturated rings. The Labute approximate surface area is 153 Å². The van der Waals surface area contributed by atoms with Crippen molar-refractivity contribution in [1.82, 2.24) is 10.1 Å². The zero-order chi connectivity index (χ0) is 17.5. The normalized spacial score (nSPS) is 18.7. The Morgan fingerprint density at radius 3 is 3.04 bits per heavy atom. The van der Waals surface area contributed by atoms with Crippen LogP contribution in [0, 0.1) is 0 Å². The van der Waals surface area contributed by atoms with Crippen LogP contribution in [0.3, 0.4) is 0 Å². The Kier molecular flexibility index (Phi) is 3.63. The van der Waals surface area contributed by atoms with E-state index in [4.69, 9.17) is 14.0 Å². The Morgan fingerprint density at radius 2 is 2.15 bits per heavy atom. The SMILES string of the molecule is O=C1CC(c2noc(Cc3cccs3)n2)CN1c1ccc2c(c1)OCO2. The molecular formula is C18H15N3O4S. The van der Waals surface area contributed by atoms with Crippen LogP contribution in [0.2, 0.25) is 0 Å². The summed E-state index contributed by atoms with van der Waals surface area (Å²) in [6.45, 7) is 0.738. The Morgan fingerprint density at radius 1 is 1.23 bits per heavy atom. The van der Waals surface area contributed by atoms with Crippen molar-refractivity contribution in [3.05, 3.63) is 52.3 Å². The molecule has 132 valence electrons. The van der Waals surface area contributed by atoms with Crippen molar-refractivity contribution in [2.24, 2.45) is 0 Å². The highest BCUT2D eigenvalue weighted by molar-refractivity contribution is 7.09. The average Bonchev–Trinajstić information content (AvgIpc) is 3.42. The molecule has 0 spiro atoms. The molecule has 1 aromatic carbocycles. The van der Waals surface area contributed by atoms with Crippen molar-refractivity contribution >= 4 is 22.9 Å². The molecule has 2 aromatic heterocycles. The maximum Gasteiger partial charge on any atom is 0.231 e. The number of ether oxygens (including phenoxy) is 2. The number of hydrogen-bond donors (Lipinski definition) is 0. The van der Waals surface area contributed by atoms with Crippen LogP contribution in [0.5, 0.6) is 11.5 Å². The molecule has 3 aromatic rings. The van der Waals surface area contributed by atoms with Crippen LogP contribution >= 0.6 is 11.3 Å². The Bertz CT molecular complexity index is 953. The molecule has 1 atom stereocenters. The fraction of sp³-hybridized carbons (Fsp3) is 0.278. The van der Waals surface area contributed by atoms with Crippen molar-refractivity contribution in [1.29, 1.82) is 0 Å². The standard InChI is InChI=1S/C18H15N3O4S/c22-17-6-11(18-19-16(25-20-18)8-13-2-1-5-26-13)9-21(17)12-3-4-14-15(7-12)24-10-23-14/h1-5,7,11H,6,8-10H2. The monoisotopic (exact) mass is 369 g/mol. The van der Waals surface area contributed by atoms with Gasteiger partial charge in [0.25, 0.3) is 0 Å². The van der Waals surface area contributed by atoms with Gasteiger partial charge in [-0.15, -0.1) is 11.3 Å². The molecule has 0 radical (unpaired) electrons. The second kappa shape index (κ2) is 6.14. The van der Waals surface area contributed by atoms with Crippen LogP contribution in [0.4, 0.5) is 5.69 Å². The topological polar surface area (TPSA) is 77.7 Å². The molecule has 7 nitrogen and oxygen atoms in total. The first-order chi connectivity index (χ1) is 12.8. The van der Waals surface area contributed by atoms with Crippen LogP contribution in [-0.2, 0) is 11.2 Å². The number of fused-ring (bicyclic) bond motifs is 1. The fourth-order valence-corrected chi connectivity index (χ4v) is 3.95. The molecule has 4 heterocycles. The molecule has 8 heteroatoms. The summed E-state index contributed by atoms with van der Waals surface area (Å²) >= 11 is 1.65. The molecule has 0 bridgehead atoms. The van der Waals surface area contributed by atoms with Gasteiger partial charge in [-0.05, 0) is 23.6 Å². The van der Waals surface area contributed by atoms with E-state index in [0.29, 0.717) is 42.6 Å². The van der Waals surface area contributed by atoms with E-state index in [2.05, 4.69) is 10.1 Å². The lowest BCUT2D eigenvalue weighted by atomic mass is 10.1. The van der Waals surface area contributed by atoms with E-state index in [1.54, 1.807) is 16.2 Å². The number of aromatic nitrogens is 2. The van der Waals surface area contributed by atoms with Gasteiger partial charge < -0.3 is 18.9 Å². The lowest BCUT2D eigenvalue weighted by Gasteiger charge is -2.16. The van der Waals surface area contributed by atoms with E-state index in [1.807, 2.05) is 35.7 Å². The van der Waals surface area contributed by atoms with Gasteiger partial charge >= 0.3 is 0 Å². The number of benzene rings is 1. The summed E-state index contributed by atoms with van der Waals surface area (Å²) in [5.41, 5.74) is 0.795. The third-order valence-electron chi connectivity index (χ3n) is 4.55. The van der Waals surface area contributed by atoms with E-state index in [-0.39, 0.29) is 18.6 Å². The van der Waals surface area contributed by atoms with Crippen LogP contribution in [-0.4, -0.2) is 29.4 Å². The largest absolute Gasteiger partial charge is 0.454 e.